The number of aromatic nitrogens is 2. The van der Waals surface area contributed by atoms with Gasteiger partial charge in [-0.2, -0.15) is 5.10 Å². The molecule has 3 rings (SSSR count). The normalized spacial score (nSPS) is 14.8. The van der Waals surface area contributed by atoms with Gasteiger partial charge < -0.3 is 5.32 Å². The SMILES string of the molecule is Cc1ccc(NC(=O)c2cc(C3CC3)n(C(C)(C)C)n2)c(Br)c1. The van der Waals surface area contributed by atoms with Crippen molar-refractivity contribution >= 4 is 27.5 Å². The van der Waals surface area contributed by atoms with Crippen LogP contribution in [0.5, 0.6) is 0 Å². The number of halogens is 1. The second kappa shape index (κ2) is 5.78. The molecule has 0 spiro atoms. The standard InChI is InChI=1S/C18H22BrN3O/c1-11-5-8-14(13(19)9-11)20-17(23)15-10-16(12-6-7-12)22(21-15)18(2,3)4/h5,8-10,12H,6-7H2,1-4H3,(H,20,23). The van der Waals surface area contributed by atoms with E-state index in [0.717, 1.165) is 15.7 Å². The first-order valence-electron chi connectivity index (χ1n) is 7.93. The highest BCUT2D eigenvalue weighted by Gasteiger charge is 2.32. The zero-order chi connectivity index (χ0) is 16.8. The second-order valence-electron chi connectivity index (χ2n) is 7.25. The van der Waals surface area contributed by atoms with Crippen LogP contribution in [-0.4, -0.2) is 15.7 Å². The van der Waals surface area contributed by atoms with E-state index in [2.05, 4.69) is 47.1 Å². The van der Waals surface area contributed by atoms with Crippen LogP contribution in [0.2, 0.25) is 0 Å². The second-order valence-corrected chi connectivity index (χ2v) is 8.10. The predicted octanol–water partition coefficient (Wildman–Crippen LogP) is 4.84. The molecule has 1 heterocycles. The third-order valence-corrected chi connectivity index (χ3v) is 4.63. The number of aryl methyl sites for hydroxylation is 1. The molecular formula is C18H22BrN3O. The Morgan fingerprint density at radius 3 is 2.57 bits per heavy atom. The molecule has 1 aromatic carbocycles. The molecule has 0 radical (unpaired) electrons. The van der Waals surface area contributed by atoms with Gasteiger partial charge in [-0.1, -0.05) is 6.07 Å². The summed E-state index contributed by atoms with van der Waals surface area (Å²) < 4.78 is 2.88. The molecule has 2 aromatic rings. The van der Waals surface area contributed by atoms with Gasteiger partial charge in [0.2, 0.25) is 0 Å². The van der Waals surface area contributed by atoms with Crippen molar-refractivity contribution in [1.29, 1.82) is 0 Å². The Morgan fingerprint density at radius 1 is 1.30 bits per heavy atom. The fraction of sp³-hybridized carbons (Fsp3) is 0.444. The Labute approximate surface area is 145 Å². The third kappa shape index (κ3) is 3.50. The van der Waals surface area contributed by atoms with Crippen molar-refractivity contribution in [3.8, 4) is 0 Å². The average molecular weight is 376 g/mol. The Bertz CT molecular complexity index is 754. The molecule has 4 nitrogen and oxygen atoms in total. The molecule has 1 saturated carbocycles. The Hall–Kier alpha value is -1.62. The van der Waals surface area contributed by atoms with E-state index in [9.17, 15) is 4.79 Å². The third-order valence-electron chi connectivity index (χ3n) is 3.97. The van der Waals surface area contributed by atoms with Gasteiger partial charge in [0.25, 0.3) is 5.91 Å². The summed E-state index contributed by atoms with van der Waals surface area (Å²) in [6.07, 6.45) is 2.37. The van der Waals surface area contributed by atoms with E-state index in [1.54, 1.807) is 0 Å². The van der Waals surface area contributed by atoms with Crippen LogP contribution in [0, 0.1) is 6.92 Å². The van der Waals surface area contributed by atoms with Crippen LogP contribution >= 0.6 is 15.9 Å². The topological polar surface area (TPSA) is 46.9 Å². The van der Waals surface area contributed by atoms with Crippen molar-refractivity contribution in [2.75, 3.05) is 5.32 Å². The number of carbonyl (C=O) groups excluding carboxylic acids is 1. The molecule has 0 saturated heterocycles. The highest BCUT2D eigenvalue weighted by Crippen LogP contribution is 2.41. The van der Waals surface area contributed by atoms with Crippen LogP contribution in [0.25, 0.3) is 0 Å². The minimum atomic E-state index is -0.167. The summed E-state index contributed by atoms with van der Waals surface area (Å²) in [7, 11) is 0. The monoisotopic (exact) mass is 375 g/mol. The molecule has 0 bridgehead atoms. The van der Waals surface area contributed by atoms with Gasteiger partial charge in [-0.3, -0.25) is 9.48 Å². The Kier molecular flexibility index (Phi) is 4.08. The summed E-state index contributed by atoms with van der Waals surface area (Å²) in [6, 6.07) is 7.81. The van der Waals surface area contributed by atoms with Crippen molar-refractivity contribution in [1.82, 2.24) is 9.78 Å². The number of benzene rings is 1. The van der Waals surface area contributed by atoms with E-state index in [1.165, 1.54) is 18.5 Å². The number of anilines is 1. The maximum atomic E-state index is 12.6. The lowest BCUT2D eigenvalue weighted by Crippen LogP contribution is -2.25. The van der Waals surface area contributed by atoms with Crippen molar-refractivity contribution in [3.05, 3.63) is 45.7 Å². The van der Waals surface area contributed by atoms with Gasteiger partial charge in [0.05, 0.1) is 11.2 Å². The lowest BCUT2D eigenvalue weighted by molar-refractivity contribution is 0.102. The van der Waals surface area contributed by atoms with Crippen LogP contribution in [0.3, 0.4) is 0 Å². The van der Waals surface area contributed by atoms with Crippen LogP contribution < -0.4 is 5.32 Å². The maximum Gasteiger partial charge on any atom is 0.276 e. The van der Waals surface area contributed by atoms with E-state index in [0.29, 0.717) is 11.6 Å². The van der Waals surface area contributed by atoms with E-state index in [4.69, 9.17) is 0 Å². The highest BCUT2D eigenvalue weighted by atomic mass is 79.9. The maximum absolute atomic E-state index is 12.6. The fourth-order valence-electron chi connectivity index (χ4n) is 2.62. The van der Waals surface area contributed by atoms with Gasteiger partial charge in [0.15, 0.2) is 5.69 Å². The van der Waals surface area contributed by atoms with E-state index >= 15 is 0 Å². The van der Waals surface area contributed by atoms with Crippen molar-refractivity contribution in [2.45, 2.75) is 52.0 Å². The summed E-state index contributed by atoms with van der Waals surface area (Å²) in [6.45, 7) is 8.36. The van der Waals surface area contributed by atoms with E-state index < -0.39 is 0 Å². The van der Waals surface area contributed by atoms with Gasteiger partial charge in [-0.05, 0) is 80.2 Å². The number of nitrogens with one attached hydrogen (secondary N) is 1. The van der Waals surface area contributed by atoms with E-state index in [1.807, 2.05) is 35.9 Å². The first-order valence-corrected chi connectivity index (χ1v) is 8.73. The summed E-state index contributed by atoms with van der Waals surface area (Å²) in [4.78, 5) is 12.6. The molecule has 0 aliphatic heterocycles. The Morgan fingerprint density at radius 2 is 2.00 bits per heavy atom. The minimum absolute atomic E-state index is 0.124. The lowest BCUT2D eigenvalue weighted by Gasteiger charge is -2.22. The number of hydrogen-bond donors (Lipinski definition) is 1. The van der Waals surface area contributed by atoms with Gasteiger partial charge in [-0.15, -0.1) is 0 Å². The molecule has 0 atom stereocenters. The molecule has 1 aliphatic rings. The molecule has 23 heavy (non-hydrogen) atoms. The molecule has 1 aromatic heterocycles. The van der Waals surface area contributed by atoms with Crippen molar-refractivity contribution in [2.24, 2.45) is 0 Å². The Balaban J connectivity index is 1.88. The summed E-state index contributed by atoms with van der Waals surface area (Å²) in [5.41, 5.74) is 3.43. The lowest BCUT2D eigenvalue weighted by atomic mass is 10.1. The smallest absolute Gasteiger partial charge is 0.276 e. The first kappa shape index (κ1) is 16.2. The summed E-state index contributed by atoms with van der Waals surface area (Å²) in [5.74, 6) is 0.383. The summed E-state index contributed by atoms with van der Waals surface area (Å²) in [5, 5.41) is 7.52. The molecule has 5 heteroatoms. The number of carbonyl (C=O) groups is 1. The number of rotatable bonds is 3. The summed E-state index contributed by atoms with van der Waals surface area (Å²) >= 11 is 3.49. The molecule has 122 valence electrons. The molecule has 0 unspecified atom stereocenters. The van der Waals surface area contributed by atoms with Crippen LogP contribution in [0.4, 0.5) is 5.69 Å². The van der Waals surface area contributed by atoms with Crippen LogP contribution in [-0.2, 0) is 5.54 Å². The molecule has 1 fully saturated rings. The number of amides is 1. The largest absolute Gasteiger partial charge is 0.320 e. The van der Waals surface area contributed by atoms with Crippen LogP contribution in [0.15, 0.2) is 28.7 Å². The number of hydrogen-bond acceptors (Lipinski definition) is 2. The molecular weight excluding hydrogens is 354 g/mol. The number of nitrogens with zero attached hydrogens (tertiary/aromatic N) is 2. The van der Waals surface area contributed by atoms with Gasteiger partial charge in [0.1, 0.15) is 0 Å². The van der Waals surface area contributed by atoms with Gasteiger partial charge >= 0.3 is 0 Å². The van der Waals surface area contributed by atoms with Gasteiger partial charge in [0, 0.05) is 16.1 Å². The highest BCUT2D eigenvalue weighted by molar-refractivity contribution is 9.10. The van der Waals surface area contributed by atoms with Gasteiger partial charge in [-0.25, -0.2) is 0 Å². The zero-order valence-corrected chi connectivity index (χ0v) is 15.6. The van der Waals surface area contributed by atoms with Crippen molar-refractivity contribution in [3.63, 3.8) is 0 Å². The average Bonchev–Trinajstić information content (AvgIpc) is 3.18. The van der Waals surface area contributed by atoms with E-state index in [-0.39, 0.29) is 11.4 Å². The molecule has 1 N–H and O–H groups in total. The van der Waals surface area contributed by atoms with Crippen LogP contribution in [0.1, 0.15) is 61.3 Å². The molecule has 1 amide bonds. The first-order chi connectivity index (χ1) is 10.8. The molecule has 1 aliphatic carbocycles. The minimum Gasteiger partial charge on any atom is -0.320 e. The van der Waals surface area contributed by atoms with Crippen molar-refractivity contribution < 1.29 is 4.79 Å². The quantitative estimate of drug-likeness (QED) is 0.833. The zero-order valence-electron chi connectivity index (χ0n) is 14.0. The predicted molar refractivity (Wildman–Crippen MR) is 96.0 cm³/mol. The fourth-order valence-corrected chi connectivity index (χ4v) is 3.21.